The molecule has 5 heteroatoms. The van der Waals surface area contributed by atoms with Crippen molar-refractivity contribution in [2.45, 2.75) is 13.0 Å². The second-order valence-corrected chi connectivity index (χ2v) is 4.05. The fraction of sp³-hybridized carbons (Fsp3) is 0.333. The molecule has 1 aromatic rings. The van der Waals surface area contributed by atoms with Crippen LogP contribution >= 0.6 is 0 Å². The lowest BCUT2D eigenvalue weighted by molar-refractivity contribution is 0.0697. The summed E-state index contributed by atoms with van der Waals surface area (Å²) in [6, 6.07) is 5.84. The van der Waals surface area contributed by atoms with Gasteiger partial charge in [-0.1, -0.05) is 6.07 Å². The maximum Gasteiger partial charge on any atom is 0.335 e. The summed E-state index contributed by atoms with van der Waals surface area (Å²) in [6.45, 7) is 2.23. The molecule has 0 saturated carbocycles. The molecule has 0 radical (unpaired) electrons. The van der Waals surface area contributed by atoms with Crippen molar-refractivity contribution in [2.24, 2.45) is 5.73 Å². The molecule has 92 valence electrons. The fourth-order valence-corrected chi connectivity index (χ4v) is 1.52. The van der Waals surface area contributed by atoms with E-state index in [-0.39, 0.29) is 17.5 Å². The second-order valence-electron chi connectivity index (χ2n) is 4.05. The van der Waals surface area contributed by atoms with E-state index in [1.807, 2.05) is 0 Å². The highest BCUT2D eigenvalue weighted by atomic mass is 16.4. The Bertz CT molecular complexity index is 430. The van der Waals surface area contributed by atoms with Gasteiger partial charge in [0.05, 0.1) is 5.56 Å². The quantitative estimate of drug-likeness (QED) is 0.810. The number of likely N-dealkylation sites (N-methyl/N-ethyl adjacent to an activating group) is 1. The van der Waals surface area contributed by atoms with Crippen molar-refractivity contribution < 1.29 is 14.7 Å². The highest BCUT2D eigenvalue weighted by molar-refractivity contribution is 5.97. The third kappa shape index (κ3) is 3.57. The summed E-state index contributed by atoms with van der Waals surface area (Å²) in [6.07, 6.45) is 0. The predicted molar refractivity (Wildman–Crippen MR) is 64.0 cm³/mol. The van der Waals surface area contributed by atoms with Crippen LogP contribution < -0.4 is 5.73 Å². The van der Waals surface area contributed by atoms with Gasteiger partial charge in [-0.15, -0.1) is 0 Å². The van der Waals surface area contributed by atoms with Gasteiger partial charge in [0, 0.05) is 25.2 Å². The third-order valence-corrected chi connectivity index (χ3v) is 2.27. The van der Waals surface area contributed by atoms with Crippen LogP contribution in [0.1, 0.15) is 27.6 Å². The number of benzene rings is 1. The predicted octanol–water partition coefficient (Wildman–Crippen LogP) is 0.804. The van der Waals surface area contributed by atoms with Gasteiger partial charge in [-0.25, -0.2) is 4.79 Å². The summed E-state index contributed by atoms with van der Waals surface area (Å²) in [5, 5.41) is 8.83. The molecule has 1 rings (SSSR count). The Morgan fingerprint density at radius 1 is 1.41 bits per heavy atom. The minimum Gasteiger partial charge on any atom is -0.478 e. The molecule has 0 aliphatic carbocycles. The summed E-state index contributed by atoms with van der Waals surface area (Å²) in [5.74, 6) is -1.28. The second kappa shape index (κ2) is 5.45. The summed E-state index contributed by atoms with van der Waals surface area (Å²) < 4.78 is 0. The lowest BCUT2D eigenvalue weighted by Gasteiger charge is -2.19. The number of carboxylic acid groups (broad SMARTS) is 1. The standard InChI is InChI=1S/C12H16N2O3/c1-8(13)7-14(2)11(15)9-4-3-5-10(6-9)12(16)17/h3-6,8H,7,13H2,1-2H3,(H,16,17). The zero-order chi connectivity index (χ0) is 13.0. The molecule has 0 spiro atoms. The molecule has 17 heavy (non-hydrogen) atoms. The fourth-order valence-electron chi connectivity index (χ4n) is 1.52. The Balaban J connectivity index is 2.89. The van der Waals surface area contributed by atoms with Crippen LogP contribution in [0.25, 0.3) is 0 Å². The first-order chi connectivity index (χ1) is 7.91. The van der Waals surface area contributed by atoms with E-state index < -0.39 is 5.97 Å². The van der Waals surface area contributed by atoms with Gasteiger partial charge in [0.2, 0.25) is 0 Å². The third-order valence-electron chi connectivity index (χ3n) is 2.27. The van der Waals surface area contributed by atoms with Crippen LogP contribution in [0.4, 0.5) is 0 Å². The number of nitrogens with zero attached hydrogens (tertiary/aromatic N) is 1. The van der Waals surface area contributed by atoms with Crippen LogP contribution in [0.3, 0.4) is 0 Å². The van der Waals surface area contributed by atoms with E-state index in [2.05, 4.69) is 0 Å². The van der Waals surface area contributed by atoms with Crippen LogP contribution in [0.2, 0.25) is 0 Å². The molecule has 5 nitrogen and oxygen atoms in total. The minimum atomic E-state index is -1.05. The number of hydrogen-bond acceptors (Lipinski definition) is 3. The lowest BCUT2D eigenvalue weighted by Crippen LogP contribution is -2.37. The highest BCUT2D eigenvalue weighted by Gasteiger charge is 2.14. The smallest absolute Gasteiger partial charge is 0.335 e. The molecular formula is C12H16N2O3. The number of carbonyl (C=O) groups excluding carboxylic acids is 1. The molecule has 1 amide bonds. The average Bonchev–Trinajstić information content (AvgIpc) is 2.27. The van der Waals surface area contributed by atoms with Crippen LogP contribution in [-0.2, 0) is 0 Å². The van der Waals surface area contributed by atoms with Crippen molar-refractivity contribution in [3.8, 4) is 0 Å². The number of nitrogens with two attached hydrogens (primary N) is 1. The molecular weight excluding hydrogens is 220 g/mol. The molecule has 1 atom stereocenters. The molecule has 0 aromatic heterocycles. The summed E-state index contributed by atoms with van der Waals surface area (Å²) in [5.41, 5.74) is 6.06. The van der Waals surface area contributed by atoms with E-state index in [1.165, 1.54) is 17.0 Å². The molecule has 0 heterocycles. The van der Waals surface area contributed by atoms with E-state index in [0.717, 1.165) is 0 Å². The first-order valence-corrected chi connectivity index (χ1v) is 5.26. The first kappa shape index (κ1) is 13.2. The number of carboxylic acids is 1. The zero-order valence-electron chi connectivity index (χ0n) is 9.88. The first-order valence-electron chi connectivity index (χ1n) is 5.26. The normalized spacial score (nSPS) is 11.9. The van der Waals surface area contributed by atoms with Gasteiger partial charge < -0.3 is 15.7 Å². The molecule has 0 saturated heterocycles. The largest absolute Gasteiger partial charge is 0.478 e. The van der Waals surface area contributed by atoms with Gasteiger partial charge in [0.1, 0.15) is 0 Å². The van der Waals surface area contributed by atoms with Gasteiger partial charge in [-0.2, -0.15) is 0 Å². The summed E-state index contributed by atoms with van der Waals surface area (Å²) in [4.78, 5) is 24.2. The van der Waals surface area contributed by atoms with Crippen LogP contribution in [-0.4, -0.2) is 41.5 Å². The van der Waals surface area contributed by atoms with Crippen molar-refractivity contribution in [1.29, 1.82) is 0 Å². The van der Waals surface area contributed by atoms with Crippen LogP contribution in [0, 0.1) is 0 Å². The molecule has 1 unspecified atom stereocenters. The number of aromatic carboxylic acids is 1. The van der Waals surface area contributed by atoms with E-state index in [4.69, 9.17) is 10.8 Å². The Morgan fingerprint density at radius 3 is 2.53 bits per heavy atom. The number of hydrogen-bond donors (Lipinski definition) is 2. The van der Waals surface area contributed by atoms with Crippen molar-refractivity contribution >= 4 is 11.9 Å². The SMILES string of the molecule is CC(N)CN(C)C(=O)c1cccc(C(=O)O)c1. The molecule has 1 aromatic carbocycles. The number of carbonyl (C=O) groups is 2. The minimum absolute atomic E-state index is 0.102. The maximum absolute atomic E-state index is 11.9. The van der Waals surface area contributed by atoms with Crippen molar-refractivity contribution in [2.75, 3.05) is 13.6 Å². The van der Waals surface area contributed by atoms with Gasteiger partial charge in [-0.3, -0.25) is 4.79 Å². The van der Waals surface area contributed by atoms with Gasteiger partial charge in [0.25, 0.3) is 5.91 Å². The van der Waals surface area contributed by atoms with Gasteiger partial charge in [0.15, 0.2) is 0 Å². The molecule has 0 fully saturated rings. The van der Waals surface area contributed by atoms with E-state index in [9.17, 15) is 9.59 Å². The van der Waals surface area contributed by atoms with Crippen LogP contribution in [0.15, 0.2) is 24.3 Å². The highest BCUT2D eigenvalue weighted by Crippen LogP contribution is 2.08. The van der Waals surface area contributed by atoms with Crippen molar-refractivity contribution in [1.82, 2.24) is 4.90 Å². The Labute approximate surface area is 99.8 Å². The van der Waals surface area contributed by atoms with Crippen molar-refractivity contribution in [3.05, 3.63) is 35.4 Å². The topological polar surface area (TPSA) is 83.6 Å². The summed E-state index contributed by atoms with van der Waals surface area (Å²) >= 11 is 0. The molecule has 3 N–H and O–H groups in total. The zero-order valence-corrected chi connectivity index (χ0v) is 9.88. The molecule has 0 aliphatic heterocycles. The Hall–Kier alpha value is -1.88. The van der Waals surface area contributed by atoms with E-state index in [1.54, 1.807) is 26.1 Å². The van der Waals surface area contributed by atoms with Gasteiger partial charge in [-0.05, 0) is 25.1 Å². The summed E-state index contributed by atoms with van der Waals surface area (Å²) in [7, 11) is 1.64. The molecule has 0 bridgehead atoms. The van der Waals surface area contributed by atoms with E-state index in [0.29, 0.717) is 12.1 Å². The maximum atomic E-state index is 11.9. The van der Waals surface area contributed by atoms with Gasteiger partial charge >= 0.3 is 5.97 Å². The van der Waals surface area contributed by atoms with E-state index >= 15 is 0 Å². The number of amides is 1. The lowest BCUT2D eigenvalue weighted by atomic mass is 10.1. The average molecular weight is 236 g/mol. The Kier molecular flexibility index (Phi) is 4.23. The molecule has 0 aliphatic rings. The monoisotopic (exact) mass is 236 g/mol. The van der Waals surface area contributed by atoms with Crippen molar-refractivity contribution in [3.63, 3.8) is 0 Å². The Morgan fingerprint density at radius 2 is 2.00 bits per heavy atom. The number of rotatable bonds is 4. The van der Waals surface area contributed by atoms with Crippen LogP contribution in [0.5, 0.6) is 0 Å².